The number of aromatic nitrogens is 2. The second-order valence-electron chi connectivity index (χ2n) is 6.65. The molecule has 4 rings (SSSR count). The van der Waals surface area contributed by atoms with Gasteiger partial charge in [-0.15, -0.1) is 11.3 Å². The minimum absolute atomic E-state index is 0.135. The number of carbonyl (C=O) groups excluding carboxylic acids is 1. The van der Waals surface area contributed by atoms with Crippen LogP contribution in [0.5, 0.6) is 0 Å². The van der Waals surface area contributed by atoms with E-state index < -0.39 is 0 Å². The number of amides is 1. The van der Waals surface area contributed by atoms with Gasteiger partial charge in [0.15, 0.2) is 0 Å². The van der Waals surface area contributed by atoms with Gasteiger partial charge in [-0.1, -0.05) is 28.1 Å². The number of hydrogen-bond donors (Lipinski definition) is 1. The normalized spacial score (nSPS) is 15.0. The van der Waals surface area contributed by atoms with Gasteiger partial charge in [-0.3, -0.25) is 14.5 Å². The molecule has 1 amide bonds. The van der Waals surface area contributed by atoms with E-state index in [1.54, 1.807) is 4.90 Å². The summed E-state index contributed by atoms with van der Waals surface area (Å²) in [5.74, 6) is -0.135. The lowest BCUT2D eigenvalue weighted by Crippen LogP contribution is -2.48. The van der Waals surface area contributed by atoms with Gasteiger partial charge in [0, 0.05) is 53.0 Å². The van der Waals surface area contributed by atoms with Crippen molar-refractivity contribution in [3.05, 3.63) is 73.9 Å². The summed E-state index contributed by atoms with van der Waals surface area (Å²) in [6.45, 7) is 3.84. The molecule has 8 heteroatoms. The SMILES string of the molecule is O=C(c1ccc(=O)[nH]n1)N1CCN(Cc2ccc(-c3ccc(Br)cc3)s2)CC1. The zero-order valence-corrected chi connectivity index (χ0v) is 17.5. The van der Waals surface area contributed by atoms with E-state index in [2.05, 4.69) is 67.4 Å². The Morgan fingerprint density at radius 3 is 2.46 bits per heavy atom. The fourth-order valence-corrected chi connectivity index (χ4v) is 4.51. The molecule has 1 aliphatic rings. The van der Waals surface area contributed by atoms with Crippen molar-refractivity contribution in [3.63, 3.8) is 0 Å². The number of aromatic amines is 1. The number of nitrogens with one attached hydrogen (secondary N) is 1. The molecule has 144 valence electrons. The quantitative estimate of drug-likeness (QED) is 0.651. The van der Waals surface area contributed by atoms with Crippen LogP contribution in [0.2, 0.25) is 0 Å². The number of halogens is 1. The van der Waals surface area contributed by atoms with Crippen molar-refractivity contribution in [1.82, 2.24) is 20.0 Å². The highest BCUT2D eigenvalue weighted by Crippen LogP contribution is 2.30. The summed E-state index contributed by atoms with van der Waals surface area (Å²) in [5.41, 5.74) is 1.20. The lowest BCUT2D eigenvalue weighted by molar-refractivity contribution is 0.0622. The summed E-state index contributed by atoms with van der Waals surface area (Å²) < 4.78 is 1.08. The molecule has 3 aromatic rings. The van der Waals surface area contributed by atoms with Gasteiger partial charge in [0.2, 0.25) is 0 Å². The molecule has 0 aliphatic carbocycles. The van der Waals surface area contributed by atoms with E-state index in [0.717, 1.165) is 24.1 Å². The number of piperazine rings is 1. The first-order valence-electron chi connectivity index (χ1n) is 9.00. The maximum atomic E-state index is 12.5. The Bertz CT molecular complexity index is 1000. The third-order valence-corrected chi connectivity index (χ3v) is 6.38. The van der Waals surface area contributed by atoms with Crippen molar-refractivity contribution in [2.24, 2.45) is 0 Å². The molecule has 0 unspecified atom stereocenters. The number of H-pyrrole nitrogens is 1. The minimum atomic E-state index is -0.306. The van der Waals surface area contributed by atoms with Gasteiger partial charge in [0.05, 0.1) is 0 Å². The molecule has 1 N–H and O–H groups in total. The Balaban J connectivity index is 1.33. The van der Waals surface area contributed by atoms with Crippen LogP contribution in [0.25, 0.3) is 10.4 Å². The number of carbonyl (C=O) groups is 1. The van der Waals surface area contributed by atoms with Crippen LogP contribution in [0.1, 0.15) is 15.4 Å². The maximum Gasteiger partial charge on any atom is 0.274 e. The van der Waals surface area contributed by atoms with Gasteiger partial charge in [-0.25, -0.2) is 5.10 Å². The Morgan fingerprint density at radius 1 is 1.04 bits per heavy atom. The van der Waals surface area contributed by atoms with Gasteiger partial charge in [-0.2, -0.15) is 5.10 Å². The number of thiophene rings is 1. The fraction of sp³-hybridized carbons (Fsp3) is 0.250. The standard InChI is InChI=1S/C20H19BrN4O2S/c21-15-3-1-14(2-4-15)18-7-5-16(28-18)13-24-9-11-25(12-10-24)20(27)17-6-8-19(26)23-22-17/h1-8H,9-13H2,(H,23,26). The highest BCUT2D eigenvalue weighted by Gasteiger charge is 2.23. The maximum absolute atomic E-state index is 12.5. The van der Waals surface area contributed by atoms with E-state index in [4.69, 9.17) is 0 Å². The number of hydrogen-bond acceptors (Lipinski definition) is 5. The van der Waals surface area contributed by atoms with Gasteiger partial charge in [-0.05, 0) is 35.9 Å². The molecule has 1 aliphatic heterocycles. The van der Waals surface area contributed by atoms with E-state index in [-0.39, 0.29) is 17.2 Å². The second-order valence-corrected chi connectivity index (χ2v) is 8.73. The van der Waals surface area contributed by atoms with Crippen molar-refractivity contribution >= 4 is 33.2 Å². The predicted octanol–water partition coefficient (Wildman–Crippen LogP) is 3.22. The van der Waals surface area contributed by atoms with Crippen LogP contribution in [0.4, 0.5) is 0 Å². The summed E-state index contributed by atoms with van der Waals surface area (Å²) >= 11 is 5.28. The van der Waals surface area contributed by atoms with E-state index in [9.17, 15) is 9.59 Å². The smallest absolute Gasteiger partial charge is 0.274 e. The van der Waals surface area contributed by atoms with Crippen LogP contribution in [0.3, 0.4) is 0 Å². The van der Waals surface area contributed by atoms with Crippen molar-refractivity contribution in [2.75, 3.05) is 26.2 Å². The number of rotatable bonds is 4. The van der Waals surface area contributed by atoms with E-state index in [1.807, 2.05) is 11.3 Å². The van der Waals surface area contributed by atoms with Crippen molar-refractivity contribution < 1.29 is 4.79 Å². The molecular formula is C20H19BrN4O2S. The number of nitrogens with zero attached hydrogens (tertiary/aromatic N) is 3. The van der Waals surface area contributed by atoms with Gasteiger partial charge < -0.3 is 4.90 Å². The summed E-state index contributed by atoms with van der Waals surface area (Å²) in [7, 11) is 0. The fourth-order valence-electron chi connectivity index (χ4n) is 3.19. The predicted molar refractivity (Wildman–Crippen MR) is 113 cm³/mol. The summed E-state index contributed by atoms with van der Waals surface area (Å²) in [4.78, 5) is 30.3. The van der Waals surface area contributed by atoms with Gasteiger partial charge in [0.25, 0.3) is 11.5 Å². The van der Waals surface area contributed by atoms with Crippen LogP contribution in [-0.2, 0) is 6.54 Å². The molecule has 6 nitrogen and oxygen atoms in total. The first-order valence-corrected chi connectivity index (χ1v) is 10.6. The monoisotopic (exact) mass is 458 g/mol. The van der Waals surface area contributed by atoms with E-state index in [0.29, 0.717) is 13.1 Å². The highest BCUT2D eigenvalue weighted by atomic mass is 79.9. The summed E-state index contributed by atoms with van der Waals surface area (Å²) in [6, 6.07) is 15.5. The molecular weight excluding hydrogens is 440 g/mol. The lowest BCUT2D eigenvalue weighted by atomic mass is 10.2. The van der Waals surface area contributed by atoms with Crippen LogP contribution in [0.15, 0.2) is 57.8 Å². The summed E-state index contributed by atoms with van der Waals surface area (Å²) in [5, 5.41) is 6.15. The zero-order valence-electron chi connectivity index (χ0n) is 15.1. The molecule has 1 aromatic carbocycles. The molecule has 0 atom stereocenters. The molecule has 0 saturated carbocycles. The van der Waals surface area contributed by atoms with Crippen molar-refractivity contribution in [1.29, 1.82) is 0 Å². The van der Waals surface area contributed by atoms with Crippen molar-refractivity contribution in [3.8, 4) is 10.4 Å². The average Bonchev–Trinajstić information content (AvgIpc) is 3.18. The lowest BCUT2D eigenvalue weighted by Gasteiger charge is -2.34. The minimum Gasteiger partial charge on any atom is -0.335 e. The van der Waals surface area contributed by atoms with E-state index in [1.165, 1.54) is 27.5 Å². The molecule has 0 radical (unpaired) electrons. The first kappa shape index (κ1) is 19.0. The molecule has 3 heterocycles. The third kappa shape index (κ3) is 4.40. The Hall–Kier alpha value is -2.29. The Labute approximate surface area is 174 Å². The van der Waals surface area contributed by atoms with Crippen LogP contribution in [-0.4, -0.2) is 52.1 Å². The molecule has 1 saturated heterocycles. The van der Waals surface area contributed by atoms with Gasteiger partial charge in [0.1, 0.15) is 5.69 Å². The van der Waals surface area contributed by atoms with Crippen LogP contribution < -0.4 is 5.56 Å². The second kappa shape index (κ2) is 8.38. The zero-order chi connectivity index (χ0) is 19.5. The molecule has 2 aromatic heterocycles. The molecule has 0 bridgehead atoms. The van der Waals surface area contributed by atoms with Crippen LogP contribution >= 0.6 is 27.3 Å². The Morgan fingerprint density at radius 2 is 1.79 bits per heavy atom. The van der Waals surface area contributed by atoms with E-state index >= 15 is 0 Å². The summed E-state index contributed by atoms with van der Waals surface area (Å²) in [6.07, 6.45) is 0. The highest BCUT2D eigenvalue weighted by molar-refractivity contribution is 9.10. The Kier molecular flexibility index (Phi) is 5.70. The average molecular weight is 459 g/mol. The largest absolute Gasteiger partial charge is 0.335 e. The van der Waals surface area contributed by atoms with Crippen LogP contribution in [0, 0.1) is 0 Å². The third-order valence-electron chi connectivity index (χ3n) is 4.73. The molecule has 0 spiro atoms. The topological polar surface area (TPSA) is 69.3 Å². The van der Waals surface area contributed by atoms with Gasteiger partial charge >= 0.3 is 0 Å². The first-order chi connectivity index (χ1) is 13.6. The van der Waals surface area contributed by atoms with Crippen molar-refractivity contribution in [2.45, 2.75) is 6.54 Å². The molecule has 1 fully saturated rings. The number of benzene rings is 1. The molecule has 28 heavy (non-hydrogen) atoms.